The molecule has 0 amide bonds. The highest BCUT2D eigenvalue weighted by Gasteiger charge is 2.00. The highest BCUT2D eigenvalue weighted by Crippen LogP contribution is 2.21. The average Bonchev–Trinajstić information content (AvgIpc) is 2.16. The van der Waals surface area contributed by atoms with Gasteiger partial charge in [-0.15, -0.1) is 0 Å². The van der Waals surface area contributed by atoms with E-state index in [4.69, 9.17) is 21.5 Å². The van der Waals surface area contributed by atoms with Crippen LogP contribution < -0.4 is 16.2 Å². The van der Waals surface area contributed by atoms with E-state index >= 15 is 0 Å². The maximum absolute atomic E-state index is 8.56. The minimum atomic E-state index is 0.427. The van der Waals surface area contributed by atoms with Gasteiger partial charge >= 0.3 is 0 Å². The highest BCUT2D eigenvalue weighted by molar-refractivity contribution is 5.56. The number of anilines is 1. The molecule has 4 N–H and O–H groups in total. The standard InChI is InChI=1S/C9H11N3O/c10-3-4-13-9-2-1-7(6-11)5-8(9)12/h1-2,5H,3-4,10,12H2. The molecule has 0 saturated heterocycles. The van der Waals surface area contributed by atoms with Gasteiger partial charge in [-0.25, -0.2) is 0 Å². The topological polar surface area (TPSA) is 85.1 Å². The van der Waals surface area contributed by atoms with Crippen LogP contribution in [0.4, 0.5) is 5.69 Å². The van der Waals surface area contributed by atoms with E-state index in [1.807, 2.05) is 6.07 Å². The number of nitrogens with two attached hydrogens (primary N) is 2. The maximum atomic E-state index is 8.56. The molecule has 4 heteroatoms. The number of nitrogens with zero attached hydrogens (tertiary/aromatic N) is 1. The highest BCUT2D eigenvalue weighted by atomic mass is 16.5. The molecular formula is C9H11N3O. The minimum absolute atomic E-state index is 0.427. The molecule has 0 aliphatic heterocycles. The summed E-state index contributed by atoms with van der Waals surface area (Å²) in [5.41, 5.74) is 11.9. The first-order valence-electron chi connectivity index (χ1n) is 3.90. The first-order chi connectivity index (χ1) is 6.27. The van der Waals surface area contributed by atoms with Gasteiger partial charge in [0.1, 0.15) is 12.4 Å². The van der Waals surface area contributed by atoms with Gasteiger partial charge in [-0.1, -0.05) is 0 Å². The Labute approximate surface area is 76.7 Å². The molecule has 0 unspecified atom stereocenters. The molecule has 0 fully saturated rings. The summed E-state index contributed by atoms with van der Waals surface area (Å²) in [5, 5.41) is 8.56. The van der Waals surface area contributed by atoms with Gasteiger partial charge in [-0.3, -0.25) is 0 Å². The lowest BCUT2D eigenvalue weighted by Crippen LogP contribution is -2.11. The van der Waals surface area contributed by atoms with Gasteiger partial charge < -0.3 is 16.2 Å². The van der Waals surface area contributed by atoms with Gasteiger partial charge in [0, 0.05) is 6.54 Å². The van der Waals surface area contributed by atoms with Crippen LogP contribution >= 0.6 is 0 Å². The molecule has 4 nitrogen and oxygen atoms in total. The monoisotopic (exact) mass is 177 g/mol. The van der Waals surface area contributed by atoms with Crippen LogP contribution in [0.3, 0.4) is 0 Å². The third kappa shape index (κ3) is 2.36. The maximum Gasteiger partial charge on any atom is 0.142 e. The van der Waals surface area contributed by atoms with E-state index in [0.29, 0.717) is 30.2 Å². The minimum Gasteiger partial charge on any atom is -0.490 e. The molecule has 1 aromatic rings. The first kappa shape index (κ1) is 9.36. The number of hydrogen-bond donors (Lipinski definition) is 2. The number of rotatable bonds is 3. The molecule has 0 aromatic heterocycles. The molecule has 0 bridgehead atoms. The lowest BCUT2D eigenvalue weighted by molar-refractivity contribution is 0.330. The number of nitriles is 1. The van der Waals surface area contributed by atoms with Crippen molar-refractivity contribution in [2.75, 3.05) is 18.9 Å². The molecule has 68 valence electrons. The third-order valence-corrected chi connectivity index (χ3v) is 1.51. The summed E-state index contributed by atoms with van der Waals surface area (Å²) in [5.74, 6) is 0.574. The molecule has 0 atom stereocenters. The largest absolute Gasteiger partial charge is 0.490 e. The SMILES string of the molecule is N#Cc1ccc(OCCN)c(N)c1. The summed E-state index contributed by atoms with van der Waals surface area (Å²) >= 11 is 0. The van der Waals surface area contributed by atoms with Crippen molar-refractivity contribution in [3.8, 4) is 11.8 Å². The fourth-order valence-electron chi connectivity index (χ4n) is 0.918. The Balaban J connectivity index is 2.81. The van der Waals surface area contributed by atoms with Crippen LogP contribution in [0.2, 0.25) is 0 Å². The van der Waals surface area contributed by atoms with Crippen molar-refractivity contribution in [3.05, 3.63) is 23.8 Å². The zero-order valence-corrected chi connectivity index (χ0v) is 7.16. The van der Waals surface area contributed by atoms with Crippen molar-refractivity contribution >= 4 is 5.69 Å². The van der Waals surface area contributed by atoms with Gasteiger partial charge in [0.15, 0.2) is 0 Å². The molecule has 0 spiro atoms. The summed E-state index contributed by atoms with van der Waals surface area (Å²) in [6.07, 6.45) is 0. The van der Waals surface area contributed by atoms with Crippen LogP contribution in [0.15, 0.2) is 18.2 Å². The van der Waals surface area contributed by atoms with Crippen LogP contribution in [-0.4, -0.2) is 13.2 Å². The van der Waals surface area contributed by atoms with Crippen molar-refractivity contribution in [1.29, 1.82) is 5.26 Å². The molecular weight excluding hydrogens is 166 g/mol. The van der Waals surface area contributed by atoms with E-state index in [1.165, 1.54) is 0 Å². The van der Waals surface area contributed by atoms with E-state index in [0.717, 1.165) is 0 Å². The van der Waals surface area contributed by atoms with Crippen LogP contribution in [-0.2, 0) is 0 Å². The lowest BCUT2D eigenvalue weighted by atomic mass is 10.2. The molecule has 0 radical (unpaired) electrons. The van der Waals surface area contributed by atoms with Crippen molar-refractivity contribution in [3.63, 3.8) is 0 Å². The Morgan fingerprint density at radius 2 is 2.23 bits per heavy atom. The summed E-state index contributed by atoms with van der Waals surface area (Å²) in [6.45, 7) is 0.871. The summed E-state index contributed by atoms with van der Waals surface area (Å²) < 4.78 is 5.23. The summed E-state index contributed by atoms with van der Waals surface area (Å²) in [4.78, 5) is 0. The van der Waals surface area contributed by atoms with Crippen molar-refractivity contribution in [2.45, 2.75) is 0 Å². The second-order valence-electron chi connectivity index (χ2n) is 2.50. The summed E-state index contributed by atoms with van der Waals surface area (Å²) in [7, 11) is 0. The molecule has 0 aliphatic carbocycles. The zero-order valence-electron chi connectivity index (χ0n) is 7.16. The second kappa shape index (κ2) is 4.33. The van der Waals surface area contributed by atoms with Gasteiger partial charge in [0.05, 0.1) is 17.3 Å². The van der Waals surface area contributed by atoms with Crippen LogP contribution in [0.5, 0.6) is 5.75 Å². The normalized spacial score (nSPS) is 9.23. The van der Waals surface area contributed by atoms with Gasteiger partial charge in [0.2, 0.25) is 0 Å². The Morgan fingerprint density at radius 1 is 1.46 bits per heavy atom. The smallest absolute Gasteiger partial charge is 0.142 e. The Hall–Kier alpha value is -1.73. The van der Waals surface area contributed by atoms with Crippen LogP contribution in [0.1, 0.15) is 5.56 Å². The number of ether oxygens (including phenoxy) is 1. The molecule has 0 aliphatic rings. The quantitative estimate of drug-likeness (QED) is 0.657. The van der Waals surface area contributed by atoms with Crippen LogP contribution in [0, 0.1) is 11.3 Å². The van der Waals surface area contributed by atoms with E-state index < -0.39 is 0 Å². The van der Waals surface area contributed by atoms with E-state index in [9.17, 15) is 0 Å². The van der Waals surface area contributed by atoms with E-state index in [2.05, 4.69) is 0 Å². The fourth-order valence-corrected chi connectivity index (χ4v) is 0.918. The van der Waals surface area contributed by atoms with E-state index in [1.54, 1.807) is 18.2 Å². The predicted octanol–water partition coefficient (Wildman–Crippen LogP) is 0.478. The summed E-state index contributed by atoms with van der Waals surface area (Å²) in [6, 6.07) is 6.89. The number of benzene rings is 1. The number of hydrogen-bond acceptors (Lipinski definition) is 4. The Bertz CT molecular complexity index is 330. The molecule has 13 heavy (non-hydrogen) atoms. The molecule has 1 aromatic carbocycles. The zero-order chi connectivity index (χ0) is 9.68. The Kier molecular flexibility index (Phi) is 3.12. The van der Waals surface area contributed by atoms with Crippen LogP contribution in [0.25, 0.3) is 0 Å². The Morgan fingerprint density at radius 3 is 2.77 bits per heavy atom. The van der Waals surface area contributed by atoms with E-state index in [-0.39, 0.29) is 0 Å². The average molecular weight is 177 g/mol. The lowest BCUT2D eigenvalue weighted by Gasteiger charge is -2.06. The van der Waals surface area contributed by atoms with Gasteiger partial charge in [0.25, 0.3) is 0 Å². The van der Waals surface area contributed by atoms with Crippen molar-refractivity contribution in [2.24, 2.45) is 5.73 Å². The third-order valence-electron chi connectivity index (χ3n) is 1.51. The molecule has 1 rings (SSSR count). The van der Waals surface area contributed by atoms with Crippen molar-refractivity contribution < 1.29 is 4.74 Å². The van der Waals surface area contributed by atoms with Gasteiger partial charge in [-0.2, -0.15) is 5.26 Å². The molecule has 0 saturated carbocycles. The first-order valence-corrected chi connectivity index (χ1v) is 3.90. The second-order valence-corrected chi connectivity index (χ2v) is 2.50. The van der Waals surface area contributed by atoms with Gasteiger partial charge in [-0.05, 0) is 18.2 Å². The number of nitrogen functional groups attached to an aromatic ring is 1. The molecule has 0 heterocycles. The van der Waals surface area contributed by atoms with Crippen molar-refractivity contribution in [1.82, 2.24) is 0 Å². The predicted molar refractivity (Wildman–Crippen MR) is 50.1 cm³/mol. The fraction of sp³-hybridized carbons (Fsp3) is 0.222.